The number of ether oxygens (including phenoxy) is 2. The molecule has 0 aliphatic heterocycles. The van der Waals surface area contributed by atoms with Crippen LogP contribution in [0.25, 0.3) is 11.3 Å². The average Bonchev–Trinajstić information content (AvgIpc) is 3.19. The van der Waals surface area contributed by atoms with Gasteiger partial charge in [0.2, 0.25) is 10.9 Å². The van der Waals surface area contributed by atoms with Gasteiger partial charge in [-0.25, -0.2) is 4.98 Å². The highest BCUT2D eigenvalue weighted by atomic mass is 32.1. The van der Waals surface area contributed by atoms with E-state index in [1.165, 1.54) is 29.7 Å². The lowest BCUT2D eigenvalue weighted by Crippen LogP contribution is -1.98. The molecule has 0 aliphatic carbocycles. The van der Waals surface area contributed by atoms with E-state index in [1.54, 1.807) is 14.0 Å². The lowest BCUT2D eigenvalue weighted by Gasteiger charge is -2.07. The van der Waals surface area contributed by atoms with Gasteiger partial charge in [-0.15, -0.1) is 11.3 Å². The molecule has 0 unspecified atom stereocenters. The molecule has 0 radical (unpaired) electrons. The molecular formula is C19H18N4O5S. The highest BCUT2D eigenvalue weighted by molar-refractivity contribution is 7.14. The SMILES string of the molecule is CCOc1cc(/C=N\Nc2nc(-c3ccc(OC)cc3)cs2)cc([N+](=O)[O-])c1O. The standard InChI is InChI=1S/C19H18N4O5S/c1-3-28-17-9-12(8-16(18(17)24)23(25)26)10-20-22-19-21-15(11-29-19)13-4-6-14(27-2)7-5-13/h4-11,24H,3H2,1-2H3,(H,21,22)/b20-10-. The zero-order chi connectivity index (χ0) is 20.8. The van der Waals surface area contributed by atoms with E-state index in [-0.39, 0.29) is 12.4 Å². The number of aromatic nitrogens is 1. The lowest BCUT2D eigenvalue weighted by atomic mass is 10.2. The number of benzene rings is 2. The first-order valence-corrected chi connectivity index (χ1v) is 9.43. The second-order valence-corrected chi connectivity index (χ2v) is 6.57. The highest BCUT2D eigenvalue weighted by Crippen LogP contribution is 2.36. The van der Waals surface area contributed by atoms with Crippen LogP contribution in [-0.2, 0) is 0 Å². The van der Waals surface area contributed by atoms with Crippen LogP contribution in [0.3, 0.4) is 0 Å². The fourth-order valence-corrected chi connectivity index (χ4v) is 3.14. The highest BCUT2D eigenvalue weighted by Gasteiger charge is 2.19. The molecule has 0 saturated heterocycles. The van der Waals surface area contributed by atoms with E-state index in [9.17, 15) is 15.2 Å². The molecule has 1 heterocycles. The number of hydrazone groups is 1. The summed E-state index contributed by atoms with van der Waals surface area (Å²) in [6.07, 6.45) is 1.39. The molecule has 0 saturated carbocycles. The van der Waals surface area contributed by atoms with Crippen molar-refractivity contribution < 1.29 is 19.5 Å². The first-order valence-electron chi connectivity index (χ1n) is 8.55. The Kier molecular flexibility index (Phi) is 6.25. The van der Waals surface area contributed by atoms with Crippen LogP contribution in [0, 0.1) is 10.1 Å². The van der Waals surface area contributed by atoms with E-state index in [0.717, 1.165) is 17.0 Å². The van der Waals surface area contributed by atoms with E-state index < -0.39 is 16.4 Å². The number of methoxy groups -OCH3 is 1. The Bertz CT molecular complexity index is 1030. The Balaban J connectivity index is 1.74. The van der Waals surface area contributed by atoms with E-state index >= 15 is 0 Å². The van der Waals surface area contributed by atoms with E-state index in [2.05, 4.69) is 15.5 Å². The smallest absolute Gasteiger partial charge is 0.315 e. The molecule has 10 heteroatoms. The molecule has 1 aromatic heterocycles. The van der Waals surface area contributed by atoms with Crippen molar-refractivity contribution in [3.05, 3.63) is 57.5 Å². The number of nitrogens with zero attached hydrogens (tertiary/aromatic N) is 3. The summed E-state index contributed by atoms with van der Waals surface area (Å²) < 4.78 is 10.4. The van der Waals surface area contributed by atoms with Gasteiger partial charge in [-0.2, -0.15) is 5.10 Å². The molecule has 0 aliphatic rings. The lowest BCUT2D eigenvalue weighted by molar-refractivity contribution is -0.386. The van der Waals surface area contributed by atoms with Gasteiger partial charge in [0.25, 0.3) is 0 Å². The number of thiazole rings is 1. The Hall–Kier alpha value is -3.66. The van der Waals surface area contributed by atoms with Gasteiger partial charge in [0.1, 0.15) is 5.75 Å². The van der Waals surface area contributed by atoms with E-state index in [4.69, 9.17) is 9.47 Å². The Labute approximate surface area is 170 Å². The maximum Gasteiger partial charge on any atom is 0.315 e. The first kappa shape index (κ1) is 20.1. The predicted molar refractivity (Wildman–Crippen MR) is 111 cm³/mol. The number of phenolic OH excluding ortho intramolecular Hbond substituents is 1. The Morgan fingerprint density at radius 2 is 2.10 bits per heavy atom. The molecule has 0 spiro atoms. The van der Waals surface area contributed by atoms with Gasteiger partial charge >= 0.3 is 5.69 Å². The summed E-state index contributed by atoms with van der Waals surface area (Å²) in [5.74, 6) is 0.284. The molecule has 0 bridgehead atoms. The van der Waals surface area contributed by atoms with Gasteiger partial charge in [0.05, 0.1) is 30.5 Å². The molecule has 3 aromatic rings. The molecule has 9 nitrogen and oxygen atoms in total. The maximum absolute atomic E-state index is 11.1. The van der Waals surface area contributed by atoms with Gasteiger partial charge in [-0.05, 0) is 37.3 Å². The summed E-state index contributed by atoms with van der Waals surface area (Å²) >= 11 is 1.37. The van der Waals surface area contributed by atoms with Crippen molar-refractivity contribution in [2.24, 2.45) is 5.10 Å². The molecule has 0 amide bonds. The zero-order valence-electron chi connectivity index (χ0n) is 15.7. The van der Waals surface area contributed by atoms with Crippen molar-refractivity contribution in [2.45, 2.75) is 6.92 Å². The summed E-state index contributed by atoms with van der Waals surface area (Å²) in [5, 5.41) is 27.6. The quantitative estimate of drug-likeness (QED) is 0.321. The zero-order valence-corrected chi connectivity index (χ0v) is 16.5. The molecular weight excluding hydrogens is 396 g/mol. The van der Waals surface area contributed by atoms with Crippen LogP contribution in [0.1, 0.15) is 12.5 Å². The number of nitro benzene ring substituents is 1. The van der Waals surface area contributed by atoms with E-state index in [1.807, 2.05) is 29.6 Å². The van der Waals surface area contributed by atoms with Gasteiger partial charge in [0, 0.05) is 22.6 Å². The maximum atomic E-state index is 11.1. The van der Waals surface area contributed by atoms with Crippen molar-refractivity contribution in [3.63, 3.8) is 0 Å². The minimum Gasteiger partial charge on any atom is -0.500 e. The van der Waals surface area contributed by atoms with Crippen molar-refractivity contribution in [1.82, 2.24) is 4.98 Å². The minimum absolute atomic E-state index is 0.0270. The fraction of sp³-hybridized carbons (Fsp3) is 0.158. The normalized spacial score (nSPS) is 10.8. The summed E-state index contributed by atoms with van der Waals surface area (Å²) in [4.78, 5) is 14.9. The largest absolute Gasteiger partial charge is 0.500 e. The molecule has 0 atom stereocenters. The van der Waals surface area contributed by atoms with Crippen LogP contribution in [0.2, 0.25) is 0 Å². The Morgan fingerprint density at radius 3 is 2.76 bits per heavy atom. The summed E-state index contributed by atoms with van der Waals surface area (Å²) in [7, 11) is 1.61. The number of hydrogen-bond acceptors (Lipinski definition) is 9. The topological polar surface area (TPSA) is 119 Å². The molecule has 2 aromatic carbocycles. The first-order chi connectivity index (χ1) is 14.0. The van der Waals surface area contributed by atoms with Crippen molar-refractivity contribution in [2.75, 3.05) is 19.1 Å². The number of nitrogens with one attached hydrogen (secondary N) is 1. The molecule has 3 rings (SSSR count). The number of rotatable bonds is 8. The number of phenols is 1. The third-order valence-electron chi connectivity index (χ3n) is 3.84. The number of aromatic hydroxyl groups is 1. The number of anilines is 1. The van der Waals surface area contributed by atoms with Crippen LogP contribution in [-0.4, -0.2) is 34.9 Å². The number of hydrogen-bond donors (Lipinski definition) is 2. The minimum atomic E-state index is -0.676. The van der Waals surface area contributed by atoms with Gasteiger partial charge in [0.15, 0.2) is 5.75 Å². The van der Waals surface area contributed by atoms with E-state index in [0.29, 0.717) is 10.7 Å². The van der Waals surface area contributed by atoms with Crippen molar-refractivity contribution in [1.29, 1.82) is 0 Å². The summed E-state index contributed by atoms with van der Waals surface area (Å²) in [6.45, 7) is 1.98. The summed E-state index contributed by atoms with van der Waals surface area (Å²) in [5.41, 5.74) is 4.48. The van der Waals surface area contributed by atoms with Gasteiger partial charge < -0.3 is 14.6 Å². The van der Waals surface area contributed by atoms with Crippen LogP contribution < -0.4 is 14.9 Å². The molecule has 150 valence electrons. The predicted octanol–water partition coefficient (Wildman–Crippen LogP) is 4.28. The van der Waals surface area contributed by atoms with Crippen LogP contribution in [0.5, 0.6) is 17.2 Å². The molecule has 29 heavy (non-hydrogen) atoms. The molecule has 2 N–H and O–H groups in total. The number of nitro groups is 1. The Morgan fingerprint density at radius 1 is 1.34 bits per heavy atom. The third kappa shape index (κ3) is 4.79. The van der Waals surface area contributed by atoms with Crippen LogP contribution in [0.15, 0.2) is 46.9 Å². The fourth-order valence-electron chi connectivity index (χ4n) is 2.47. The van der Waals surface area contributed by atoms with Crippen molar-refractivity contribution >= 4 is 28.4 Å². The monoisotopic (exact) mass is 414 g/mol. The van der Waals surface area contributed by atoms with Crippen LogP contribution >= 0.6 is 11.3 Å². The second-order valence-electron chi connectivity index (χ2n) is 5.71. The van der Waals surface area contributed by atoms with Crippen LogP contribution in [0.4, 0.5) is 10.8 Å². The summed E-state index contributed by atoms with van der Waals surface area (Å²) in [6, 6.07) is 10.2. The average molecular weight is 414 g/mol. The van der Waals surface area contributed by atoms with Gasteiger partial charge in [-0.1, -0.05) is 0 Å². The van der Waals surface area contributed by atoms with Gasteiger partial charge in [-0.3, -0.25) is 15.5 Å². The third-order valence-corrected chi connectivity index (χ3v) is 4.58. The molecule has 0 fully saturated rings. The second kappa shape index (κ2) is 9.02. The van der Waals surface area contributed by atoms with Crippen molar-refractivity contribution in [3.8, 4) is 28.5 Å².